The second kappa shape index (κ2) is 22.0. The van der Waals surface area contributed by atoms with E-state index < -0.39 is 18.0 Å². The predicted molar refractivity (Wildman–Crippen MR) is 217 cm³/mol. The fourth-order valence-corrected chi connectivity index (χ4v) is 7.33. The zero-order valence-corrected chi connectivity index (χ0v) is 33.9. The molecule has 316 valence electrons. The van der Waals surface area contributed by atoms with Crippen molar-refractivity contribution in [2.75, 3.05) is 58.4 Å². The Morgan fingerprint density at radius 1 is 0.931 bits per heavy atom. The van der Waals surface area contributed by atoms with E-state index in [-0.39, 0.29) is 23.9 Å². The number of hydrogen-bond acceptors (Lipinski definition) is 10. The van der Waals surface area contributed by atoms with E-state index in [2.05, 4.69) is 30.8 Å². The Morgan fingerprint density at radius 2 is 1.66 bits per heavy atom. The maximum absolute atomic E-state index is 12.9. The Bertz CT molecular complexity index is 2000. The lowest BCUT2D eigenvalue weighted by molar-refractivity contribution is -0.135. The number of rotatable bonds is 14. The molecular formula is C40H58N10O8. The number of anilines is 1. The number of fused-ring (bicyclic) bond motifs is 1. The average Bonchev–Trinajstić information content (AvgIpc) is 4.05. The van der Waals surface area contributed by atoms with E-state index in [1.807, 2.05) is 18.2 Å². The highest BCUT2D eigenvalue weighted by molar-refractivity contribution is 6.02. The van der Waals surface area contributed by atoms with Crippen LogP contribution in [0.25, 0.3) is 11.0 Å². The van der Waals surface area contributed by atoms with Gasteiger partial charge in [-0.3, -0.25) is 43.5 Å². The van der Waals surface area contributed by atoms with Crippen LogP contribution < -0.4 is 16.3 Å². The molecule has 2 aliphatic heterocycles. The number of hydrogen-bond donors (Lipinski definition) is 4. The molecule has 0 spiro atoms. The Balaban J connectivity index is 0.000000238. The van der Waals surface area contributed by atoms with E-state index >= 15 is 0 Å². The van der Waals surface area contributed by atoms with Crippen LogP contribution in [-0.4, -0.2) is 121 Å². The molecule has 1 atom stereocenters. The van der Waals surface area contributed by atoms with Crippen molar-refractivity contribution < 1.29 is 33.8 Å². The van der Waals surface area contributed by atoms with E-state index in [0.29, 0.717) is 62.1 Å². The van der Waals surface area contributed by atoms with Gasteiger partial charge in [0.15, 0.2) is 0 Å². The number of ether oxygens (including phenoxy) is 2. The smallest absolute Gasteiger partial charge is 0.407 e. The first-order valence-electron chi connectivity index (χ1n) is 20.2. The fraction of sp³-hybridized carbons (Fsp3) is 0.575. The summed E-state index contributed by atoms with van der Waals surface area (Å²) < 4.78 is 15.3. The number of carbonyl (C=O) groups excluding carboxylic acids is 3. The molecule has 2 saturated heterocycles. The zero-order chi connectivity index (χ0) is 41.4. The van der Waals surface area contributed by atoms with Crippen LogP contribution in [-0.2, 0) is 46.2 Å². The van der Waals surface area contributed by atoms with Gasteiger partial charge in [-0.25, -0.2) is 9.59 Å². The van der Waals surface area contributed by atoms with Gasteiger partial charge in [-0.15, -0.1) is 0 Å². The first kappa shape index (κ1) is 43.8. The molecule has 1 aliphatic carbocycles. The van der Waals surface area contributed by atoms with Crippen molar-refractivity contribution in [1.29, 1.82) is 0 Å². The van der Waals surface area contributed by atoms with Crippen molar-refractivity contribution in [3.05, 3.63) is 64.0 Å². The summed E-state index contributed by atoms with van der Waals surface area (Å²) in [7, 11) is 4.99. The number of H-pyrrole nitrogens is 1. The number of methoxy groups -OCH3 is 1. The van der Waals surface area contributed by atoms with Crippen LogP contribution in [0.1, 0.15) is 92.0 Å². The van der Waals surface area contributed by atoms with Crippen molar-refractivity contribution >= 4 is 40.7 Å². The van der Waals surface area contributed by atoms with Crippen LogP contribution >= 0.6 is 0 Å². The number of nitrogens with one attached hydrogen (secondary N) is 3. The Labute approximate surface area is 337 Å². The number of benzene rings is 1. The lowest BCUT2D eigenvalue weighted by Gasteiger charge is -2.33. The molecule has 3 aromatic heterocycles. The zero-order valence-electron chi connectivity index (χ0n) is 33.9. The molecule has 3 aliphatic rings. The summed E-state index contributed by atoms with van der Waals surface area (Å²) in [5.74, 6) is -0.427. The lowest BCUT2D eigenvalue weighted by atomic mass is 10.1. The lowest BCUT2D eigenvalue weighted by Crippen LogP contribution is -2.48. The molecule has 5 heterocycles. The van der Waals surface area contributed by atoms with E-state index in [0.717, 1.165) is 56.4 Å². The van der Waals surface area contributed by atoms with Crippen molar-refractivity contribution in [2.24, 2.45) is 14.1 Å². The molecule has 1 unspecified atom stereocenters. The summed E-state index contributed by atoms with van der Waals surface area (Å²) in [4.78, 5) is 63.3. The Hall–Kier alpha value is -5.33. The minimum Gasteiger partial charge on any atom is -0.465 e. The SMILES string of the molecule is C1CCCC1.COCc1cc(C(=O)Nc2ccn[nH]2)n(C)n1.Cn1c(=O)n(C2CCC(=O)NC2=O)c2ccc(CCCOCCCCN3CCN(C(=O)O)CC3)cc21. The number of carboxylic acid groups (broad SMARTS) is 1. The quantitative estimate of drug-likeness (QED) is 0.106. The van der Waals surface area contributed by atoms with Crippen LogP contribution in [0.15, 0.2) is 41.3 Å². The topological polar surface area (TPSA) is 211 Å². The number of imide groups is 1. The van der Waals surface area contributed by atoms with Crippen molar-refractivity contribution in [3.63, 3.8) is 0 Å². The highest BCUT2D eigenvalue weighted by atomic mass is 16.5. The van der Waals surface area contributed by atoms with Crippen molar-refractivity contribution in [3.8, 4) is 0 Å². The van der Waals surface area contributed by atoms with Gasteiger partial charge in [0.25, 0.3) is 5.91 Å². The number of imidazole rings is 1. The summed E-state index contributed by atoms with van der Waals surface area (Å²) in [6, 6.07) is 8.54. The molecule has 1 aromatic carbocycles. The van der Waals surface area contributed by atoms with E-state index in [4.69, 9.17) is 14.6 Å². The van der Waals surface area contributed by atoms with Gasteiger partial charge in [-0.1, -0.05) is 38.2 Å². The van der Waals surface area contributed by atoms with Crippen LogP contribution in [0.4, 0.5) is 10.6 Å². The standard InChI is InChI=1S/C25H35N5O6.C10H13N5O2.C5H10/c1-27-21-17-18(6-7-19(21)30(24(27)33)20-8-9-22(31)26-23(20)32)5-4-16-36-15-3-2-10-28-11-13-29(14-12-28)25(34)35;1-15-8(5-7(14-15)6-17-2)10(16)12-9-3-4-11-13-9;1-2-4-5-3-1/h6-7,17,20H,2-5,8-16H2,1H3,(H,34,35)(H,26,31,32);3-5H,6H2,1-2H3,(H2,11,12,13,16);1-5H2. The molecule has 7 rings (SSSR count). The molecule has 4 aromatic rings. The van der Waals surface area contributed by atoms with Crippen LogP contribution in [0.5, 0.6) is 0 Å². The molecule has 3 fully saturated rings. The van der Waals surface area contributed by atoms with Crippen LogP contribution in [0, 0.1) is 0 Å². The summed E-state index contributed by atoms with van der Waals surface area (Å²) in [6.07, 6.45) is 12.5. The second-order valence-electron chi connectivity index (χ2n) is 14.8. The number of aryl methyl sites for hydroxylation is 3. The van der Waals surface area contributed by atoms with Gasteiger partial charge in [0, 0.05) is 73.1 Å². The number of carbonyl (C=O) groups is 4. The summed E-state index contributed by atoms with van der Waals surface area (Å²) >= 11 is 0. The van der Waals surface area contributed by atoms with Gasteiger partial charge >= 0.3 is 11.8 Å². The Kier molecular flexibility index (Phi) is 16.6. The van der Waals surface area contributed by atoms with Gasteiger partial charge in [0.05, 0.1) is 29.5 Å². The highest BCUT2D eigenvalue weighted by Crippen LogP contribution is 2.24. The predicted octanol–water partition coefficient (Wildman–Crippen LogP) is 3.84. The average molecular weight is 807 g/mol. The van der Waals surface area contributed by atoms with E-state index in [9.17, 15) is 24.0 Å². The number of piperidine rings is 1. The van der Waals surface area contributed by atoms with Gasteiger partial charge in [-0.05, 0) is 62.4 Å². The first-order chi connectivity index (χ1) is 28.0. The first-order valence-corrected chi connectivity index (χ1v) is 20.2. The third kappa shape index (κ3) is 12.3. The molecule has 0 radical (unpaired) electrons. The Morgan fingerprint density at radius 3 is 2.31 bits per heavy atom. The molecule has 1 saturated carbocycles. The third-order valence-corrected chi connectivity index (χ3v) is 10.5. The van der Waals surface area contributed by atoms with Gasteiger partial charge in [0.2, 0.25) is 11.8 Å². The largest absolute Gasteiger partial charge is 0.465 e. The summed E-state index contributed by atoms with van der Waals surface area (Å²) in [6.45, 7) is 5.45. The van der Waals surface area contributed by atoms with Gasteiger partial charge in [-0.2, -0.15) is 10.2 Å². The number of piperazine rings is 1. The molecule has 4 amide bonds. The molecule has 18 nitrogen and oxygen atoms in total. The summed E-state index contributed by atoms with van der Waals surface area (Å²) in [5, 5.41) is 24.6. The second-order valence-corrected chi connectivity index (χ2v) is 14.8. The summed E-state index contributed by atoms with van der Waals surface area (Å²) in [5.41, 5.74) is 3.48. The monoisotopic (exact) mass is 806 g/mol. The van der Waals surface area contributed by atoms with Crippen LogP contribution in [0.3, 0.4) is 0 Å². The molecular weight excluding hydrogens is 749 g/mol. The van der Waals surface area contributed by atoms with E-state index in [1.54, 1.807) is 44.1 Å². The minimum atomic E-state index is -0.836. The van der Waals surface area contributed by atoms with Crippen molar-refractivity contribution in [1.82, 2.24) is 44.2 Å². The molecule has 58 heavy (non-hydrogen) atoms. The third-order valence-electron chi connectivity index (χ3n) is 10.5. The maximum atomic E-state index is 12.9. The molecule has 0 bridgehead atoms. The number of nitrogens with zero attached hydrogens (tertiary/aromatic N) is 7. The van der Waals surface area contributed by atoms with E-state index in [1.165, 1.54) is 46.3 Å². The number of unbranched alkanes of at least 4 members (excludes halogenated alkanes) is 1. The van der Waals surface area contributed by atoms with Crippen LogP contribution in [0.2, 0.25) is 0 Å². The normalized spacial score (nSPS) is 17.0. The van der Waals surface area contributed by atoms with Crippen molar-refractivity contribution in [2.45, 2.75) is 83.3 Å². The maximum Gasteiger partial charge on any atom is 0.407 e. The molecule has 4 N–H and O–H groups in total. The van der Waals surface area contributed by atoms with Gasteiger partial charge in [0.1, 0.15) is 17.6 Å². The van der Waals surface area contributed by atoms with Gasteiger partial charge < -0.3 is 24.8 Å². The number of amides is 4. The minimum absolute atomic E-state index is 0.223. The highest BCUT2D eigenvalue weighted by Gasteiger charge is 2.31. The molecule has 18 heteroatoms. The number of aromatic amines is 1. The fourth-order valence-electron chi connectivity index (χ4n) is 7.33. The number of aromatic nitrogens is 6.